The minimum Gasteiger partial charge on any atom is -0.350 e. The van der Waals surface area contributed by atoms with E-state index in [0.717, 1.165) is 5.69 Å². The van der Waals surface area contributed by atoms with E-state index in [4.69, 9.17) is 4.79 Å². The first kappa shape index (κ1) is 27.6. The van der Waals surface area contributed by atoms with Crippen molar-refractivity contribution in [2.45, 2.75) is 45.7 Å². The fourth-order valence-corrected chi connectivity index (χ4v) is 4.66. The van der Waals surface area contributed by atoms with Crippen molar-refractivity contribution >= 4 is 41.1 Å². The summed E-state index contributed by atoms with van der Waals surface area (Å²) < 4.78 is 14.1. The van der Waals surface area contributed by atoms with E-state index >= 15 is 0 Å². The molecule has 37 heavy (non-hydrogen) atoms. The smallest absolute Gasteiger partial charge is 0.268 e. The summed E-state index contributed by atoms with van der Waals surface area (Å²) in [7, 11) is 0. The number of hydrogen-bond donors (Lipinski definition) is 3. The number of nitrogens with zero attached hydrogens (tertiary/aromatic N) is 1. The summed E-state index contributed by atoms with van der Waals surface area (Å²) >= 11 is 0. The molecule has 3 amide bonds. The number of halogens is 1. The van der Waals surface area contributed by atoms with Gasteiger partial charge in [0.05, 0.1) is 5.92 Å². The van der Waals surface area contributed by atoms with Gasteiger partial charge in [0.25, 0.3) is 5.91 Å². The molecule has 9 heteroatoms. The summed E-state index contributed by atoms with van der Waals surface area (Å²) in [4.78, 5) is 51.9. The highest BCUT2D eigenvalue weighted by atomic mass is 19.1. The molecule has 8 nitrogen and oxygen atoms in total. The van der Waals surface area contributed by atoms with Gasteiger partial charge < -0.3 is 25.3 Å². The average Bonchev–Trinajstić information content (AvgIpc) is 3.50. The Kier molecular flexibility index (Phi) is 9.16. The number of amides is 3. The molecule has 1 saturated heterocycles. The molecule has 3 aromatic rings. The molecule has 0 bridgehead atoms. The van der Waals surface area contributed by atoms with Gasteiger partial charge >= 0.3 is 0 Å². The maximum atomic E-state index is 14.1. The summed E-state index contributed by atoms with van der Waals surface area (Å²) in [5, 5.41) is 6.08. The SMILES string of the molecule is C=O.CC(C)CC(NC(=O)c1cc2c(F)cccc2[nH]1)C(=O)N1CC(C(=O)Nc2ccccc2)CC1C. The van der Waals surface area contributed by atoms with Gasteiger partial charge in [0.1, 0.15) is 24.3 Å². The zero-order valence-corrected chi connectivity index (χ0v) is 21.3. The molecule has 0 radical (unpaired) electrons. The lowest BCUT2D eigenvalue weighted by atomic mass is 10.0. The van der Waals surface area contributed by atoms with Gasteiger partial charge in [-0.2, -0.15) is 0 Å². The largest absolute Gasteiger partial charge is 0.350 e. The highest BCUT2D eigenvalue weighted by molar-refractivity contribution is 6.00. The zero-order valence-electron chi connectivity index (χ0n) is 21.3. The molecule has 2 heterocycles. The minimum atomic E-state index is -0.753. The molecule has 0 aliphatic carbocycles. The lowest BCUT2D eigenvalue weighted by Crippen LogP contribution is -2.50. The molecule has 3 atom stereocenters. The van der Waals surface area contributed by atoms with Crippen LogP contribution < -0.4 is 10.6 Å². The van der Waals surface area contributed by atoms with Crippen LogP contribution in [0.5, 0.6) is 0 Å². The van der Waals surface area contributed by atoms with Gasteiger partial charge in [-0.25, -0.2) is 4.39 Å². The maximum absolute atomic E-state index is 14.1. The fourth-order valence-electron chi connectivity index (χ4n) is 4.66. The number of H-pyrrole nitrogens is 1. The molecule has 2 aromatic carbocycles. The second-order valence-electron chi connectivity index (χ2n) is 9.67. The number of hydrogen-bond acceptors (Lipinski definition) is 4. The summed E-state index contributed by atoms with van der Waals surface area (Å²) in [6.07, 6.45) is 0.997. The van der Waals surface area contributed by atoms with Gasteiger partial charge in [-0.15, -0.1) is 0 Å². The van der Waals surface area contributed by atoms with Crippen LogP contribution in [0.4, 0.5) is 10.1 Å². The van der Waals surface area contributed by atoms with Crippen molar-refractivity contribution in [2.24, 2.45) is 11.8 Å². The van der Waals surface area contributed by atoms with Crippen LogP contribution in [-0.2, 0) is 14.4 Å². The van der Waals surface area contributed by atoms with E-state index in [2.05, 4.69) is 15.6 Å². The second kappa shape index (κ2) is 12.3. The Morgan fingerprint density at radius 2 is 1.81 bits per heavy atom. The van der Waals surface area contributed by atoms with E-state index in [0.29, 0.717) is 30.3 Å². The number of benzene rings is 2. The lowest BCUT2D eigenvalue weighted by Gasteiger charge is -2.28. The molecule has 0 saturated carbocycles. The first-order valence-electron chi connectivity index (χ1n) is 12.3. The number of para-hydroxylation sites is 1. The van der Waals surface area contributed by atoms with Crippen molar-refractivity contribution in [3.63, 3.8) is 0 Å². The standard InChI is InChI=1S/C27H31FN4O3.CH2O/c1-16(2)12-24(31-26(34)23-14-20-21(28)10-7-11-22(20)30-23)27(35)32-15-18(13-17(32)3)25(33)29-19-8-5-4-6-9-19;1-2/h4-11,14,16-18,24,30H,12-13,15H2,1-3H3,(H,29,33)(H,31,34);1H2. The first-order chi connectivity index (χ1) is 17.7. The van der Waals surface area contributed by atoms with Crippen LogP contribution >= 0.6 is 0 Å². The second-order valence-corrected chi connectivity index (χ2v) is 9.67. The fraction of sp³-hybridized carbons (Fsp3) is 0.357. The van der Waals surface area contributed by atoms with Crippen LogP contribution in [0, 0.1) is 17.7 Å². The predicted octanol–water partition coefficient (Wildman–Crippen LogP) is 4.14. The topological polar surface area (TPSA) is 111 Å². The van der Waals surface area contributed by atoms with E-state index in [1.807, 2.05) is 57.9 Å². The molecule has 4 rings (SSSR count). The van der Waals surface area contributed by atoms with E-state index in [1.54, 1.807) is 17.0 Å². The maximum Gasteiger partial charge on any atom is 0.268 e. The molecule has 1 aromatic heterocycles. The molecule has 3 unspecified atom stereocenters. The summed E-state index contributed by atoms with van der Waals surface area (Å²) in [6, 6.07) is 14.4. The number of aromatic amines is 1. The van der Waals surface area contributed by atoms with Crippen molar-refractivity contribution in [3.8, 4) is 0 Å². The molecule has 1 aliphatic heterocycles. The van der Waals surface area contributed by atoms with Crippen molar-refractivity contribution in [1.29, 1.82) is 0 Å². The Morgan fingerprint density at radius 3 is 2.46 bits per heavy atom. The molecule has 3 N–H and O–H groups in total. The number of rotatable bonds is 7. The third-order valence-corrected chi connectivity index (χ3v) is 6.44. The number of fused-ring (bicyclic) bond motifs is 1. The Hall–Kier alpha value is -4.01. The lowest BCUT2D eigenvalue weighted by molar-refractivity contribution is -0.134. The Balaban J connectivity index is 0.00000186. The quantitative estimate of drug-likeness (QED) is 0.445. The van der Waals surface area contributed by atoms with Crippen LogP contribution in [0.3, 0.4) is 0 Å². The van der Waals surface area contributed by atoms with Crippen LogP contribution in [0.25, 0.3) is 10.9 Å². The van der Waals surface area contributed by atoms with E-state index in [-0.39, 0.29) is 35.4 Å². The number of carbonyl (C=O) groups excluding carboxylic acids is 4. The predicted molar refractivity (Wildman–Crippen MR) is 140 cm³/mol. The van der Waals surface area contributed by atoms with Gasteiger partial charge in [0, 0.05) is 29.2 Å². The Bertz CT molecular complexity index is 1240. The number of nitrogens with one attached hydrogen (secondary N) is 3. The van der Waals surface area contributed by atoms with Crippen LogP contribution in [0.15, 0.2) is 54.6 Å². The highest BCUT2D eigenvalue weighted by Crippen LogP contribution is 2.26. The minimum absolute atomic E-state index is 0.122. The molecule has 1 fully saturated rings. The van der Waals surface area contributed by atoms with Crippen molar-refractivity contribution in [1.82, 2.24) is 15.2 Å². The van der Waals surface area contributed by atoms with Gasteiger partial charge in [0.2, 0.25) is 11.8 Å². The third kappa shape index (κ3) is 6.61. The summed E-state index contributed by atoms with van der Waals surface area (Å²) in [5.41, 5.74) is 1.43. The Morgan fingerprint density at radius 1 is 1.11 bits per heavy atom. The van der Waals surface area contributed by atoms with Crippen molar-refractivity contribution < 1.29 is 23.6 Å². The van der Waals surface area contributed by atoms with Gasteiger partial charge in [-0.05, 0) is 56.0 Å². The van der Waals surface area contributed by atoms with Crippen LogP contribution in [-0.4, -0.2) is 53.0 Å². The third-order valence-electron chi connectivity index (χ3n) is 6.44. The molecule has 196 valence electrons. The van der Waals surface area contributed by atoms with Crippen LogP contribution in [0.1, 0.15) is 44.1 Å². The molecular formula is C28H33FN4O4. The van der Waals surface area contributed by atoms with E-state index in [1.165, 1.54) is 12.1 Å². The van der Waals surface area contributed by atoms with E-state index < -0.39 is 17.8 Å². The number of likely N-dealkylation sites (tertiary alicyclic amines) is 1. The number of aromatic nitrogens is 1. The normalized spacial score (nSPS) is 17.7. The monoisotopic (exact) mass is 508 g/mol. The van der Waals surface area contributed by atoms with E-state index in [9.17, 15) is 18.8 Å². The Labute approximate surface area is 215 Å². The zero-order chi connectivity index (χ0) is 27.1. The number of anilines is 1. The average molecular weight is 509 g/mol. The molecule has 1 aliphatic rings. The van der Waals surface area contributed by atoms with Gasteiger partial charge in [0.15, 0.2) is 0 Å². The van der Waals surface area contributed by atoms with Crippen molar-refractivity contribution in [3.05, 3.63) is 66.1 Å². The first-order valence-corrected chi connectivity index (χ1v) is 12.3. The summed E-state index contributed by atoms with van der Waals surface area (Å²) in [5.74, 6) is -1.40. The summed E-state index contributed by atoms with van der Waals surface area (Å²) in [6.45, 7) is 8.17. The molecule has 0 spiro atoms. The molecular weight excluding hydrogens is 475 g/mol. The van der Waals surface area contributed by atoms with Crippen LogP contribution in [0.2, 0.25) is 0 Å². The highest BCUT2D eigenvalue weighted by Gasteiger charge is 2.39. The van der Waals surface area contributed by atoms with Gasteiger partial charge in [-0.3, -0.25) is 14.4 Å². The van der Waals surface area contributed by atoms with Crippen molar-refractivity contribution in [2.75, 3.05) is 11.9 Å². The number of carbonyl (C=O) groups is 4. The van der Waals surface area contributed by atoms with Gasteiger partial charge in [-0.1, -0.05) is 38.1 Å².